The molecule has 0 spiro atoms. The van der Waals surface area contributed by atoms with E-state index in [1.54, 1.807) is 18.0 Å². The molecule has 0 unspecified atom stereocenters. The summed E-state index contributed by atoms with van der Waals surface area (Å²) in [6.07, 6.45) is 0. The molecule has 0 saturated carbocycles. The van der Waals surface area contributed by atoms with Gasteiger partial charge in [0.15, 0.2) is 0 Å². The van der Waals surface area contributed by atoms with E-state index in [1.807, 2.05) is 31.2 Å². The number of nitrogens with two attached hydrogens (primary N) is 1. The van der Waals surface area contributed by atoms with Crippen molar-refractivity contribution in [2.75, 3.05) is 12.8 Å². The minimum atomic E-state index is -0.0780. The summed E-state index contributed by atoms with van der Waals surface area (Å²) in [6.45, 7) is 2.47. The van der Waals surface area contributed by atoms with E-state index in [-0.39, 0.29) is 5.91 Å². The first-order chi connectivity index (χ1) is 8.97. The molecule has 19 heavy (non-hydrogen) atoms. The highest BCUT2D eigenvalue weighted by atomic mass is 35.5. The van der Waals surface area contributed by atoms with Crippen molar-refractivity contribution in [2.24, 2.45) is 0 Å². The van der Waals surface area contributed by atoms with Gasteiger partial charge in [-0.05, 0) is 31.2 Å². The summed E-state index contributed by atoms with van der Waals surface area (Å²) in [5.41, 5.74) is 7.93. The first-order valence-corrected chi connectivity index (χ1v) is 7.02. The lowest BCUT2D eigenvalue weighted by molar-refractivity contribution is 0.0787. The molecule has 0 saturated heterocycles. The maximum atomic E-state index is 12.3. The third-order valence-corrected chi connectivity index (χ3v) is 4.02. The Morgan fingerprint density at radius 1 is 1.37 bits per heavy atom. The zero-order valence-electron chi connectivity index (χ0n) is 10.8. The van der Waals surface area contributed by atoms with Crippen molar-refractivity contribution in [1.29, 1.82) is 0 Å². The average Bonchev–Trinajstić information content (AvgIpc) is 2.77. The lowest BCUT2D eigenvalue weighted by Crippen LogP contribution is -2.26. The Morgan fingerprint density at radius 2 is 2.11 bits per heavy atom. The Kier molecular flexibility index (Phi) is 4.12. The smallest absolute Gasteiger partial charge is 0.256 e. The second kappa shape index (κ2) is 5.63. The number of amides is 1. The van der Waals surface area contributed by atoms with Gasteiger partial charge in [0.25, 0.3) is 5.91 Å². The molecule has 1 heterocycles. The zero-order chi connectivity index (χ0) is 14.0. The second-order valence-electron chi connectivity index (χ2n) is 4.46. The molecule has 1 aromatic carbocycles. The van der Waals surface area contributed by atoms with Gasteiger partial charge in [0.1, 0.15) is 0 Å². The van der Waals surface area contributed by atoms with Gasteiger partial charge >= 0.3 is 0 Å². The Morgan fingerprint density at radius 3 is 2.74 bits per heavy atom. The summed E-state index contributed by atoms with van der Waals surface area (Å²) in [6, 6.07) is 9.23. The summed E-state index contributed by atoms with van der Waals surface area (Å²) in [5.74, 6) is -0.0780. The molecule has 0 atom stereocenters. The van der Waals surface area contributed by atoms with Crippen LogP contribution in [0.5, 0.6) is 0 Å². The number of thiophene rings is 1. The van der Waals surface area contributed by atoms with E-state index in [4.69, 9.17) is 17.3 Å². The van der Waals surface area contributed by atoms with Crippen molar-refractivity contribution in [1.82, 2.24) is 4.90 Å². The minimum Gasteiger partial charge on any atom is -0.398 e. The van der Waals surface area contributed by atoms with Crippen LogP contribution < -0.4 is 5.73 Å². The molecular formula is C14H15ClN2OS. The Balaban J connectivity index is 2.16. The number of aryl methyl sites for hydroxylation is 1. The van der Waals surface area contributed by atoms with Crippen molar-refractivity contribution >= 4 is 34.5 Å². The van der Waals surface area contributed by atoms with E-state index >= 15 is 0 Å². The molecule has 2 N–H and O–H groups in total. The van der Waals surface area contributed by atoms with Crippen LogP contribution in [0.1, 0.15) is 20.8 Å². The quantitative estimate of drug-likeness (QED) is 0.880. The van der Waals surface area contributed by atoms with Crippen molar-refractivity contribution in [3.05, 3.63) is 50.7 Å². The van der Waals surface area contributed by atoms with E-state index in [2.05, 4.69) is 0 Å². The zero-order valence-corrected chi connectivity index (χ0v) is 12.4. The monoisotopic (exact) mass is 294 g/mol. The van der Waals surface area contributed by atoms with Crippen molar-refractivity contribution < 1.29 is 4.79 Å². The molecule has 2 aromatic rings. The lowest BCUT2D eigenvalue weighted by atomic mass is 10.1. The standard InChI is InChI=1S/C14H15ClN2OS/c1-9-3-5-12(16)11(7-9)14(18)17(2)8-10-4-6-13(15)19-10/h3-7H,8,16H2,1-2H3. The first kappa shape index (κ1) is 13.9. The van der Waals surface area contributed by atoms with Crippen molar-refractivity contribution in [3.63, 3.8) is 0 Å². The van der Waals surface area contributed by atoms with E-state index in [1.165, 1.54) is 11.3 Å². The number of benzene rings is 1. The first-order valence-electron chi connectivity index (χ1n) is 5.83. The summed E-state index contributed by atoms with van der Waals surface area (Å²) >= 11 is 7.36. The maximum absolute atomic E-state index is 12.3. The molecule has 5 heteroatoms. The molecular weight excluding hydrogens is 280 g/mol. The number of carbonyl (C=O) groups excluding carboxylic acids is 1. The number of carbonyl (C=O) groups is 1. The number of anilines is 1. The molecule has 100 valence electrons. The van der Waals surface area contributed by atoms with E-state index < -0.39 is 0 Å². The molecule has 1 aromatic heterocycles. The summed E-state index contributed by atoms with van der Waals surface area (Å²) in [5, 5.41) is 0. The van der Waals surface area contributed by atoms with Crippen LogP contribution in [0.15, 0.2) is 30.3 Å². The van der Waals surface area contributed by atoms with Gasteiger partial charge in [-0.1, -0.05) is 23.2 Å². The van der Waals surface area contributed by atoms with Crippen LogP contribution in [0.25, 0.3) is 0 Å². The SMILES string of the molecule is Cc1ccc(N)c(C(=O)N(C)Cc2ccc(Cl)s2)c1. The molecule has 0 aliphatic heterocycles. The Labute approximate surface area is 121 Å². The third-order valence-electron chi connectivity index (χ3n) is 2.81. The van der Waals surface area contributed by atoms with Crippen molar-refractivity contribution in [3.8, 4) is 0 Å². The number of hydrogen-bond donors (Lipinski definition) is 1. The van der Waals surface area contributed by atoms with Gasteiger partial charge < -0.3 is 10.6 Å². The fraction of sp³-hybridized carbons (Fsp3) is 0.214. The Bertz CT molecular complexity index is 609. The minimum absolute atomic E-state index is 0.0780. The molecule has 0 radical (unpaired) electrons. The number of rotatable bonds is 3. The fourth-order valence-corrected chi connectivity index (χ4v) is 2.94. The van der Waals surface area contributed by atoms with Gasteiger partial charge in [-0.25, -0.2) is 0 Å². The summed E-state index contributed by atoms with van der Waals surface area (Å²) in [7, 11) is 1.76. The molecule has 0 fully saturated rings. The van der Waals surface area contributed by atoms with Gasteiger partial charge in [-0.2, -0.15) is 0 Å². The second-order valence-corrected chi connectivity index (χ2v) is 6.26. The topological polar surface area (TPSA) is 46.3 Å². The number of nitrogens with zero attached hydrogens (tertiary/aromatic N) is 1. The number of hydrogen-bond acceptors (Lipinski definition) is 3. The lowest BCUT2D eigenvalue weighted by Gasteiger charge is -2.17. The Hall–Kier alpha value is -1.52. The van der Waals surface area contributed by atoms with Gasteiger partial charge in [0, 0.05) is 17.6 Å². The largest absolute Gasteiger partial charge is 0.398 e. The van der Waals surface area contributed by atoms with Gasteiger partial charge in [-0.15, -0.1) is 11.3 Å². The van der Waals surface area contributed by atoms with Crippen LogP contribution in [0.4, 0.5) is 5.69 Å². The number of nitrogen functional groups attached to an aromatic ring is 1. The van der Waals surface area contributed by atoms with Crippen LogP contribution in [-0.2, 0) is 6.54 Å². The highest BCUT2D eigenvalue weighted by Crippen LogP contribution is 2.23. The summed E-state index contributed by atoms with van der Waals surface area (Å²) in [4.78, 5) is 15.0. The molecule has 0 aliphatic rings. The normalized spacial score (nSPS) is 10.5. The predicted octanol–water partition coefficient (Wildman–Crippen LogP) is 3.56. The van der Waals surface area contributed by atoms with Crippen molar-refractivity contribution in [2.45, 2.75) is 13.5 Å². The molecule has 1 amide bonds. The molecule has 0 aliphatic carbocycles. The highest BCUT2D eigenvalue weighted by Gasteiger charge is 2.15. The van der Waals surface area contributed by atoms with E-state index in [9.17, 15) is 4.79 Å². The molecule has 3 nitrogen and oxygen atoms in total. The predicted molar refractivity (Wildman–Crippen MR) is 80.7 cm³/mol. The highest BCUT2D eigenvalue weighted by molar-refractivity contribution is 7.16. The molecule has 2 rings (SSSR count). The fourth-order valence-electron chi connectivity index (χ4n) is 1.80. The van der Waals surface area contributed by atoms with Gasteiger partial charge in [0.05, 0.1) is 16.4 Å². The van der Waals surface area contributed by atoms with Crippen LogP contribution in [0.3, 0.4) is 0 Å². The maximum Gasteiger partial charge on any atom is 0.256 e. The van der Waals surface area contributed by atoms with Gasteiger partial charge in [-0.3, -0.25) is 4.79 Å². The van der Waals surface area contributed by atoms with Crippen LogP contribution in [0.2, 0.25) is 4.34 Å². The van der Waals surface area contributed by atoms with Crippen LogP contribution in [0, 0.1) is 6.92 Å². The van der Waals surface area contributed by atoms with E-state index in [0.717, 1.165) is 14.8 Å². The van der Waals surface area contributed by atoms with Crippen LogP contribution >= 0.6 is 22.9 Å². The van der Waals surface area contributed by atoms with Gasteiger partial charge in [0.2, 0.25) is 0 Å². The average molecular weight is 295 g/mol. The molecule has 0 bridgehead atoms. The number of halogens is 1. The third kappa shape index (κ3) is 3.28. The van der Waals surface area contributed by atoms with E-state index in [0.29, 0.717) is 17.8 Å². The summed E-state index contributed by atoms with van der Waals surface area (Å²) < 4.78 is 0.728. The van der Waals surface area contributed by atoms with Crippen LogP contribution in [-0.4, -0.2) is 17.9 Å².